The lowest BCUT2D eigenvalue weighted by Gasteiger charge is -2.18. The molecule has 31 heavy (non-hydrogen) atoms. The third kappa shape index (κ3) is 3.67. The van der Waals surface area contributed by atoms with E-state index in [4.69, 9.17) is 5.14 Å². The maximum Gasteiger partial charge on any atom is 0.238 e. The highest BCUT2D eigenvalue weighted by Crippen LogP contribution is 2.32. The molecule has 0 radical (unpaired) electrons. The summed E-state index contributed by atoms with van der Waals surface area (Å²) in [4.78, 5) is 2.31. The molecule has 7 heteroatoms. The summed E-state index contributed by atoms with van der Waals surface area (Å²) < 4.78 is 25.0. The van der Waals surface area contributed by atoms with E-state index in [0.717, 1.165) is 24.5 Å². The smallest absolute Gasteiger partial charge is 0.238 e. The van der Waals surface area contributed by atoms with Gasteiger partial charge < -0.3 is 4.90 Å². The normalized spacial score (nSPS) is 13.2. The van der Waals surface area contributed by atoms with Crippen LogP contribution in [0.4, 0.5) is 5.82 Å². The van der Waals surface area contributed by atoms with Gasteiger partial charge in [0.2, 0.25) is 10.0 Å². The molecule has 0 aliphatic carbocycles. The highest BCUT2D eigenvalue weighted by atomic mass is 32.2. The van der Waals surface area contributed by atoms with E-state index in [0.29, 0.717) is 5.56 Å². The number of benzene rings is 3. The van der Waals surface area contributed by atoms with Gasteiger partial charge in [-0.25, -0.2) is 13.6 Å². The first kappa shape index (κ1) is 19.4. The average Bonchev–Trinajstić information content (AvgIpc) is 3.32. The van der Waals surface area contributed by atoms with Gasteiger partial charge >= 0.3 is 0 Å². The second-order valence-electron chi connectivity index (χ2n) is 7.65. The molecule has 0 unspecified atom stereocenters. The van der Waals surface area contributed by atoms with Crippen LogP contribution in [-0.2, 0) is 30.2 Å². The van der Waals surface area contributed by atoms with Crippen molar-refractivity contribution >= 4 is 26.6 Å². The number of hydrogen-bond donors (Lipinski definition) is 1. The van der Waals surface area contributed by atoms with E-state index in [9.17, 15) is 8.42 Å². The molecule has 0 amide bonds. The standard InChI is InChI=1S/C24H20N4O2S/c1-27-24(28-15-21-12-18-6-2-3-7-19(18)13-22(21)16-28)20(14-26-27)10-9-17-5-4-8-23(11-17)31(25,29)30/h2-8,11-14H,15-16H2,1H3,(H2,25,29,30). The van der Waals surface area contributed by atoms with Crippen LogP contribution in [0.3, 0.4) is 0 Å². The first-order valence-electron chi connectivity index (χ1n) is 9.81. The van der Waals surface area contributed by atoms with Crippen LogP contribution in [0.15, 0.2) is 71.8 Å². The quantitative estimate of drug-likeness (QED) is 0.498. The van der Waals surface area contributed by atoms with E-state index in [-0.39, 0.29) is 4.90 Å². The van der Waals surface area contributed by atoms with Crippen molar-refractivity contribution in [2.75, 3.05) is 4.90 Å². The van der Waals surface area contributed by atoms with Crippen LogP contribution < -0.4 is 10.0 Å². The molecule has 3 aromatic carbocycles. The minimum Gasteiger partial charge on any atom is -0.347 e. The van der Waals surface area contributed by atoms with E-state index in [1.807, 2.05) is 11.7 Å². The van der Waals surface area contributed by atoms with Crippen molar-refractivity contribution in [3.05, 3.63) is 89.1 Å². The molecule has 154 valence electrons. The summed E-state index contributed by atoms with van der Waals surface area (Å²) in [5.74, 6) is 7.14. The van der Waals surface area contributed by atoms with E-state index in [1.54, 1.807) is 18.3 Å². The summed E-state index contributed by atoms with van der Waals surface area (Å²) in [6, 6.07) is 19.2. The van der Waals surface area contributed by atoms with Crippen molar-refractivity contribution in [1.82, 2.24) is 9.78 Å². The highest BCUT2D eigenvalue weighted by Gasteiger charge is 2.24. The molecule has 6 nitrogen and oxygen atoms in total. The van der Waals surface area contributed by atoms with Gasteiger partial charge in [0.05, 0.1) is 16.7 Å². The minimum atomic E-state index is -3.77. The Morgan fingerprint density at radius 3 is 2.26 bits per heavy atom. The maximum absolute atomic E-state index is 11.6. The number of fused-ring (bicyclic) bond motifs is 2. The molecule has 0 bridgehead atoms. The largest absolute Gasteiger partial charge is 0.347 e. The summed E-state index contributed by atoms with van der Waals surface area (Å²) >= 11 is 0. The fraction of sp³-hybridized carbons (Fsp3) is 0.125. The van der Waals surface area contributed by atoms with E-state index < -0.39 is 10.0 Å². The Hall–Kier alpha value is -3.60. The average molecular weight is 429 g/mol. The van der Waals surface area contributed by atoms with E-state index in [1.165, 1.54) is 34.0 Å². The Balaban J connectivity index is 1.48. The SMILES string of the molecule is Cn1ncc(C#Cc2cccc(S(N)(=O)=O)c2)c1N1Cc2cc3ccccc3cc2C1. The van der Waals surface area contributed by atoms with Crippen LogP contribution >= 0.6 is 0 Å². The van der Waals surface area contributed by atoms with Gasteiger partial charge in [0.15, 0.2) is 0 Å². The van der Waals surface area contributed by atoms with Crippen LogP contribution in [0.1, 0.15) is 22.3 Å². The Morgan fingerprint density at radius 1 is 0.935 bits per heavy atom. The van der Waals surface area contributed by atoms with Crippen molar-refractivity contribution < 1.29 is 8.42 Å². The van der Waals surface area contributed by atoms with Gasteiger partial charge in [-0.2, -0.15) is 5.10 Å². The van der Waals surface area contributed by atoms with E-state index in [2.05, 4.69) is 58.2 Å². The molecule has 0 atom stereocenters. The molecule has 1 aliphatic rings. The second-order valence-corrected chi connectivity index (χ2v) is 9.21. The van der Waals surface area contributed by atoms with Gasteiger partial charge in [-0.15, -0.1) is 0 Å². The van der Waals surface area contributed by atoms with Crippen LogP contribution in [-0.4, -0.2) is 18.2 Å². The minimum absolute atomic E-state index is 0.0489. The van der Waals surface area contributed by atoms with Crippen LogP contribution in [0.5, 0.6) is 0 Å². The molecule has 2 heterocycles. The number of hydrogen-bond acceptors (Lipinski definition) is 4. The fourth-order valence-corrected chi connectivity index (χ4v) is 4.59. The molecule has 1 aliphatic heterocycles. The predicted molar refractivity (Wildman–Crippen MR) is 121 cm³/mol. The van der Waals surface area contributed by atoms with Crippen molar-refractivity contribution in [3.8, 4) is 11.8 Å². The molecule has 0 fully saturated rings. The van der Waals surface area contributed by atoms with Crippen LogP contribution in [0, 0.1) is 11.8 Å². The highest BCUT2D eigenvalue weighted by molar-refractivity contribution is 7.89. The Bertz CT molecular complexity index is 1450. The third-order valence-corrected chi connectivity index (χ3v) is 6.41. The van der Waals surface area contributed by atoms with Gasteiger partial charge in [-0.1, -0.05) is 42.2 Å². The first-order valence-corrected chi connectivity index (χ1v) is 11.4. The van der Waals surface area contributed by atoms with Crippen molar-refractivity contribution in [2.24, 2.45) is 12.2 Å². The number of rotatable bonds is 2. The lowest BCUT2D eigenvalue weighted by molar-refractivity contribution is 0.598. The summed E-state index contributed by atoms with van der Waals surface area (Å²) in [6.07, 6.45) is 1.74. The maximum atomic E-state index is 11.6. The van der Waals surface area contributed by atoms with Crippen LogP contribution in [0.2, 0.25) is 0 Å². The number of anilines is 1. The molecule has 0 saturated heterocycles. The van der Waals surface area contributed by atoms with Crippen LogP contribution in [0.25, 0.3) is 10.8 Å². The molecule has 4 aromatic rings. The van der Waals surface area contributed by atoms with Crippen molar-refractivity contribution in [3.63, 3.8) is 0 Å². The zero-order valence-corrected chi connectivity index (χ0v) is 17.7. The molecule has 0 spiro atoms. The fourth-order valence-electron chi connectivity index (χ4n) is 4.03. The zero-order valence-electron chi connectivity index (χ0n) is 16.9. The van der Waals surface area contributed by atoms with E-state index >= 15 is 0 Å². The lowest BCUT2D eigenvalue weighted by atomic mass is 10.0. The topological polar surface area (TPSA) is 81.2 Å². The molecule has 1 aromatic heterocycles. The molecule has 0 saturated carbocycles. The third-order valence-electron chi connectivity index (χ3n) is 5.50. The lowest BCUT2D eigenvalue weighted by Crippen LogP contribution is -2.19. The number of nitrogens with zero attached hydrogens (tertiary/aromatic N) is 3. The molecule has 5 rings (SSSR count). The molecule has 2 N–H and O–H groups in total. The Kier molecular flexibility index (Phi) is 4.54. The van der Waals surface area contributed by atoms with Gasteiger partial charge in [0, 0.05) is 25.7 Å². The van der Waals surface area contributed by atoms with Gasteiger partial charge in [-0.3, -0.25) is 4.68 Å². The van der Waals surface area contributed by atoms with Crippen molar-refractivity contribution in [1.29, 1.82) is 0 Å². The first-order chi connectivity index (χ1) is 14.9. The van der Waals surface area contributed by atoms with Gasteiger partial charge in [0.25, 0.3) is 0 Å². The Labute approximate surface area is 181 Å². The number of nitrogens with two attached hydrogens (primary N) is 1. The summed E-state index contributed by atoms with van der Waals surface area (Å²) in [5, 5.41) is 12.1. The van der Waals surface area contributed by atoms with Gasteiger partial charge in [-0.05, 0) is 52.2 Å². The summed E-state index contributed by atoms with van der Waals surface area (Å²) in [7, 11) is -1.86. The molecular weight excluding hydrogens is 408 g/mol. The summed E-state index contributed by atoms with van der Waals surface area (Å²) in [5.41, 5.74) is 3.98. The zero-order chi connectivity index (χ0) is 21.6. The monoisotopic (exact) mass is 428 g/mol. The number of primary sulfonamides is 1. The number of aromatic nitrogens is 2. The van der Waals surface area contributed by atoms with Crippen molar-refractivity contribution in [2.45, 2.75) is 18.0 Å². The number of sulfonamides is 1. The van der Waals surface area contributed by atoms with Gasteiger partial charge in [0.1, 0.15) is 5.82 Å². The molecular formula is C24H20N4O2S. The second kappa shape index (κ2) is 7.27. The Morgan fingerprint density at radius 2 is 1.61 bits per heavy atom. The number of aryl methyl sites for hydroxylation is 1. The predicted octanol–water partition coefficient (Wildman–Crippen LogP) is 3.14. The summed E-state index contributed by atoms with van der Waals surface area (Å²) in [6.45, 7) is 1.57.